The maximum absolute atomic E-state index is 13.5. The second-order valence-corrected chi connectivity index (χ2v) is 12.9. The summed E-state index contributed by atoms with van der Waals surface area (Å²) < 4.78 is 29.6. The molecule has 0 N–H and O–H groups in total. The Balaban J connectivity index is 1.24. The van der Waals surface area contributed by atoms with Crippen LogP contribution in [0.25, 0.3) is 10.9 Å². The summed E-state index contributed by atoms with van der Waals surface area (Å²) in [5.74, 6) is 0.155. The highest BCUT2D eigenvalue weighted by molar-refractivity contribution is 7.89. The van der Waals surface area contributed by atoms with Crippen molar-refractivity contribution in [2.45, 2.75) is 44.3 Å². The molecule has 0 unspecified atom stereocenters. The molecule has 38 heavy (non-hydrogen) atoms. The molecule has 0 bridgehead atoms. The molecule has 1 aliphatic carbocycles. The predicted molar refractivity (Wildman–Crippen MR) is 150 cm³/mol. The number of hydrogen-bond donors (Lipinski definition) is 0. The Morgan fingerprint density at radius 3 is 2.63 bits per heavy atom. The maximum Gasteiger partial charge on any atom is 0.238 e. The van der Waals surface area contributed by atoms with E-state index >= 15 is 0 Å². The maximum atomic E-state index is 13.5. The zero-order valence-electron chi connectivity index (χ0n) is 21.2. The first kappa shape index (κ1) is 25.1. The van der Waals surface area contributed by atoms with Gasteiger partial charge in [-0.25, -0.2) is 12.7 Å². The number of aromatic nitrogens is 2. The number of carbonyl (C=O) groups is 1. The van der Waals surface area contributed by atoms with Crippen LogP contribution in [-0.4, -0.2) is 41.0 Å². The first-order valence-electron chi connectivity index (χ1n) is 12.8. The van der Waals surface area contributed by atoms with Gasteiger partial charge in [-0.1, -0.05) is 41.9 Å². The summed E-state index contributed by atoms with van der Waals surface area (Å²) in [5.41, 5.74) is 4.41. The summed E-state index contributed by atoms with van der Waals surface area (Å²) in [6.45, 7) is 1.24. The van der Waals surface area contributed by atoms with E-state index in [1.54, 1.807) is 19.4 Å². The van der Waals surface area contributed by atoms with Gasteiger partial charge in [-0.2, -0.15) is 0 Å². The predicted octanol–water partition coefficient (Wildman–Crippen LogP) is 5.12. The molecular formula is C29H29ClN4O3S. The molecule has 1 spiro atoms. The summed E-state index contributed by atoms with van der Waals surface area (Å²) in [6.07, 6.45) is 5.71. The van der Waals surface area contributed by atoms with Crippen LogP contribution in [-0.2, 0) is 39.9 Å². The van der Waals surface area contributed by atoms with Gasteiger partial charge in [0.15, 0.2) is 0 Å². The molecule has 7 nitrogen and oxygen atoms in total. The molecule has 1 aliphatic heterocycles. The van der Waals surface area contributed by atoms with Crippen molar-refractivity contribution in [2.24, 2.45) is 0 Å². The van der Waals surface area contributed by atoms with Gasteiger partial charge < -0.3 is 9.47 Å². The summed E-state index contributed by atoms with van der Waals surface area (Å²) in [4.78, 5) is 19.6. The minimum absolute atomic E-state index is 0.0293. The molecule has 1 amide bonds. The van der Waals surface area contributed by atoms with Crippen LogP contribution in [0, 0.1) is 0 Å². The molecule has 3 heterocycles. The lowest BCUT2D eigenvalue weighted by molar-refractivity contribution is -0.120. The molecular weight excluding hydrogens is 520 g/mol. The van der Waals surface area contributed by atoms with E-state index in [1.165, 1.54) is 4.31 Å². The number of carbonyl (C=O) groups excluding carboxylic acids is 1. The van der Waals surface area contributed by atoms with Crippen LogP contribution in [0.1, 0.15) is 36.1 Å². The number of aryl methyl sites for hydroxylation is 1. The van der Waals surface area contributed by atoms with Crippen LogP contribution < -0.4 is 4.90 Å². The van der Waals surface area contributed by atoms with E-state index in [9.17, 15) is 13.2 Å². The van der Waals surface area contributed by atoms with Gasteiger partial charge >= 0.3 is 0 Å². The number of anilines is 1. The van der Waals surface area contributed by atoms with E-state index in [0.717, 1.165) is 46.3 Å². The molecule has 2 aliphatic rings. The van der Waals surface area contributed by atoms with E-state index in [1.807, 2.05) is 59.5 Å². The zero-order valence-corrected chi connectivity index (χ0v) is 22.8. The highest BCUT2D eigenvalue weighted by Gasteiger charge is 2.59. The normalized spacial score (nSPS) is 16.1. The van der Waals surface area contributed by atoms with Crippen LogP contribution in [0.5, 0.6) is 0 Å². The fourth-order valence-electron chi connectivity index (χ4n) is 5.61. The fourth-order valence-corrected chi connectivity index (χ4v) is 6.94. The van der Waals surface area contributed by atoms with Gasteiger partial charge in [0, 0.05) is 48.0 Å². The second-order valence-electron chi connectivity index (χ2n) is 10.3. The second kappa shape index (κ2) is 9.52. The molecule has 0 radical (unpaired) electrons. The van der Waals surface area contributed by atoms with Crippen LogP contribution >= 0.6 is 11.6 Å². The van der Waals surface area contributed by atoms with E-state index in [-0.39, 0.29) is 11.7 Å². The van der Waals surface area contributed by atoms with Gasteiger partial charge in [-0.15, -0.1) is 0 Å². The number of pyridine rings is 1. The third kappa shape index (κ3) is 4.40. The molecule has 0 saturated heterocycles. The van der Waals surface area contributed by atoms with E-state index in [4.69, 9.17) is 11.6 Å². The van der Waals surface area contributed by atoms with Gasteiger partial charge in [-0.05, 0) is 60.7 Å². The quantitative estimate of drug-likeness (QED) is 0.291. The number of nitrogens with zero attached hydrogens (tertiary/aromatic N) is 4. The first-order chi connectivity index (χ1) is 18.3. The van der Waals surface area contributed by atoms with Crippen molar-refractivity contribution in [1.82, 2.24) is 13.9 Å². The Hall–Kier alpha value is -3.20. The molecule has 6 rings (SSSR count). The van der Waals surface area contributed by atoms with E-state index in [0.29, 0.717) is 31.1 Å². The lowest BCUT2D eigenvalue weighted by atomic mass is 9.99. The van der Waals surface area contributed by atoms with Gasteiger partial charge in [0.2, 0.25) is 15.9 Å². The lowest BCUT2D eigenvalue weighted by Gasteiger charge is -2.20. The smallest absolute Gasteiger partial charge is 0.238 e. The summed E-state index contributed by atoms with van der Waals surface area (Å²) in [7, 11) is -1.81. The number of benzene rings is 2. The average molecular weight is 549 g/mol. The van der Waals surface area contributed by atoms with E-state index < -0.39 is 15.4 Å². The molecule has 196 valence electrons. The number of amides is 1. The van der Waals surface area contributed by atoms with Crippen LogP contribution in [0.4, 0.5) is 5.69 Å². The Kier molecular flexibility index (Phi) is 6.29. The summed E-state index contributed by atoms with van der Waals surface area (Å²) in [5, 5.41) is 1.60. The van der Waals surface area contributed by atoms with Crippen molar-refractivity contribution >= 4 is 44.1 Å². The monoisotopic (exact) mass is 548 g/mol. The van der Waals surface area contributed by atoms with Gasteiger partial charge in [-0.3, -0.25) is 9.78 Å². The molecule has 1 fully saturated rings. The SMILES string of the molecule is CN(Cc1ccccc1)S(=O)(=O)CCCn1c(CN2C(=O)C3(CC3)c3ccncc32)cc2cc(Cl)ccc21. The number of halogens is 1. The highest BCUT2D eigenvalue weighted by atomic mass is 35.5. The zero-order chi connectivity index (χ0) is 26.5. The molecule has 2 aromatic carbocycles. The minimum atomic E-state index is -3.44. The highest BCUT2D eigenvalue weighted by Crippen LogP contribution is 2.57. The largest absolute Gasteiger partial charge is 0.343 e. The van der Waals surface area contributed by atoms with Crippen molar-refractivity contribution in [3.05, 3.63) is 94.9 Å². The van der Waals surface area contributed by atoms with Crippen molar-refractivity contribution in [2.75, 3.05) is 17.7 Å². The molecule has 2 aromatic heterocycles. The topological polar surface area (TPSA) is 75.5 Å². The first-order valence-corrected chi connectivity index (χ1v) is 14.8. The van der Waals surface area contributed by atoms with Crippen molar-refractivity contribution in [1.29, 1.82) is 0 Å². The van der Waals surface area contributed by atoms with Crippen LogP contribution in [0.3, 0.4) is 0 Å². The molecule has 9 heteroatoms. The van der Waals surface area contributed by atoms with Gasteiger partial charge in [0.1, 0.15) is 0 Å². The number of fused-ring (bicyclic) bond motifs is 3. The number of rotatable bonds is 9. The van der Waals surface area contributed by atoms with Gasteiger partial charge in [0.25, 0.3) is 0 Å². The third-order valence-corrected chi connectivity index (χ3v) is 9.91. The Morgan fingerprint density at radius 1 is 1.08 bits per heavy atom. The summed E-state index contributed by atoms with van der Waals surface area (Å²) >= 11 is 6.28. The standard InChI is InChI=1S/C29H29ClN4O3S/c1-32(19-21-6-3-2-4-7-21)38(36,37)15-5-14-33-24(17-22-16-23(30)8-9-26(22)33)20-34-27-18-31-13-10-25(27)29(11-12-29)28(34)35/h2-4,6-10,13,16-18H,5,11-12,14-15,19-20H2,1H3. The Labute approximate surface area is 227 Å². The third-order valence-electron chi connectivity index (χ3n) is 7.79. The Bertz CT molecular complexity index is 1630. The molecule has 1 saturated carbocycles. The van der Waals surface area contributed by atoms with Crippen LogP contribution in [0.15, 0.2) is 73.1 Å². The van der Waals surface area contributed by atoms with Crippen molar-refractivity contribution in [3.63, 3.8) is 0 Å². The number of hydrogen-bond acceptors (Lipinski definition) is 4. The van der Waals surface area contributed by atoms with Crippen LogP contribution in [0.2, 0.25) is 5.02 Å². The van der Waals surface area contributed by atoms with Crippen molar-refractivity contribution < 1.29 is 13.2 Å². The fraction of sp³-hybridized carbons (Fsp3) is 0.310. The lowest BCUT2D eigenvalue weighted by Crippen LogP contribution is -2.32. The van der Waals surface area contributed by atoms with Gasteiger partial charge in [0.05, 0.1) is 29.6 Å². The minimum Gasteiger partial charge on any atom is -0.343 e. The summed E-state index contributed by atoms with van der Waals surface area (Å²) in [6, 6.07) is 19.3. The van der Waals surface area contributed by atoms with Crippen molar-refractivity contribution in [3.8, 4) is 0 Å². The molecule has 0 atom stereocenters. The molecule has 4 aromatic rings. The average Bonchev–Trinajstić information content (AvgIpc) is 3.60. The Morgan fingerprint density at radius 2 is 1.87 bits per heavy atom. The number of sulfonamides is 1. The van der Waals surface area contributed by atoms with E-state index in [2.05, 4.69) is 15.6 Å².